The first kappa shape index (κ1) is 70.5. The average Bonchev–Trinajstić information content (AvgIpc) is 3.56. The Morgan fingerprint density at radius 3 is 1.49 bits per heavy atom. The predicted octanol–water partition coefficient (Wildman–Crippen LogP) is 9.22. The van der Waals surface area contributed by atoms with Gasteiger partial charge in [-0.1, -0.05) is 67.4 Å². The lowest BCUT2D eigenvalue weighted by Gasteiger charge is -2.35. The van der Waals surface area contributed by atoms with Gasteiger partial charge in [-0.05, 0) is 203 Å². The fourth-order valence-corrected chi connectivity index (χ4v) is 8.33. The van der Waals surface area contributed by atoms with Crippen molar-refractivity contribution in [2.45, 2.75) is 220 Å². The molecule has 3 rings (SSSR count). The number of hydrogen-bond donors (Lipinski definition) is 7. The van der Waals surface area contributed by atoms with Crippen molar-refractivity contribution in [3.05, 3.63) is 95.6 Å². The first-order valence-corrected chi connectivity index (χ1v) is 29.0. The number of aliphatic hydroxyl groups is 1. The molecule has 0 fully saturated rings. The Kier molecular flexibility index (Phi) is 28.0. The molecule has 83 heavy (non-hydrogen) atoms. The lowest BCUT2D eigenvalue weighted by molar-refractivity contribution is -0.143. The molecule has 0 radical (unpaired) electrons. The van der Waals surface area contributed by atoms with Crippen molar-refractivity contribution in [2.75, 3.05) is 26.2 Å². The van der Waals surface area contributed by atoms with Crippen LogP contribution in [0.25, 0.3) is 0 Å². The Morgan fingerprint density at radius 1 is 0.542 bits per heavy atom. The highest BCUT2D eigenvalue weighted by Gasteiger charge is 2.42. The quantitative estimate of drug-likeness (QED) is 0.0162. The number of alkyl carbamates (subject to hydrolysis) is 2. The van der Waals surface area contributed by atoms with Crippen molar-refractivity contribution in [1.29, 1.82) is 0 Å². The number of aliphatic hydroxyl groups excluding tert-OH is 1. The molecule has 0 aliphatic rings. The maximum Gasteiger partial charge on any atom is 0.417 e. The molecular weight excluding hydrogens is 1060 g/mol. The van der Waals surface area contributed by atoms with Crippen molar-refractivity contribution in [3.63, 3.8) is 0 Å². The Labute approximate surface area is 493 Å². The van der Waals surface area contributed by atoms with E-state index in [1.807, 2.05) is 96.1 Å². The summed E-state index contributed by atoms with van der Waals surface area (Å²) in [5.74, 6) is -0.991. The number of nitrogens with zero attached hydrogens (tertiary/aromatic N) is 2. The number of carbonyl (C=O) groups is 6. The summed E-state index contributed by atoms with van der Waals surface area (Å²) in [5.41, 5.74) is 4.57. The topological polar surface area (TPSA) is 271 Å². The van der Waals surface area contributed by atoms with Crippen LogP contribution in [0.1, 0.15) is 165 Å². The molecule has 0 aliphatic heterocycles. The van der Waals surface area contributed by atoms with Crippen LogP contribution in [0.4, 0.5) is 14.4 Å². The van der Waals surface area contributed by atoms with Crippen molar-refractivity contribution in [2.24, 2.45) is 10.7 Å². The lowest BCUT2D eigenvalue weighted by Crippen LogP contribution is -2.61. The molecule has 0 bridgehead atoms. The number of unbranched alkanes of at least 4 members (excludes halogenated alkanes) is 4. The molecule has 3 aromatic rings. The highest BCUT2D eigenvalue weighted by atomic mass is 16.6. The van der Waals surface area contributed by atoms with E-state index >= 15 is 9.59 Å². The van der Waals surface area contributed by atoms with Gasteiger partial charge in [-0.25, -0.2) is 19.3 Å². The average molecular weight is 1160 g/mol. The van der Waals surface area contributed by atoms with Gasteiger partial charge in [0.1, 0.15) is 51.6 Å². The SMILES string of the molecule is CC(C)(C)OC(=O)NC(=NCCCCCCN[C@@H](Cc1ccc(OC(C)(C)C)cc1)C(=O)N[C@@H](Cc1ccc(OC(C)(C)C)cc1)C(=O)N(C(=O)OC(C)(C)C)[C@@H](CCCCN)C(=O)N[C@H](CO)Cc1ccccc1)NC(=O)OC(C)(C)C. The third-order valence-corrected chi connectivity index (χ3v) is 11.8. The number of rotatable bonds is 27. The van der Waals surface area contributed by atoms with Crippen LogP contribution in [0.15, 0.2) is 83.9 Å². The smallest absolute Gasteiger partial charge is 0.417 e. The van der Waals surface area contributed by atoms with E-state index in [2.05, 4.69) is 31.6 Å². The molecule has 0 aliphatic carbocycles. The number of carbonyl (C=O) groups excluding carboxylic acids is 6. The molecule has 8 N–H and O–H groups in total. The van der Waals surface area contributed by atoms with Crippen LogP contribution < -0.4 is 41.8 Å². The second-order valence-corrected chi connectivity index (χ2v) is 25.7. The van der Waals surface area contributed by atoms with Gasteiger partial charge < -0.3 is 50.5 Å². The summed E-state index contributed by atoms with van der Waals surface area (Å²) in [5, 5.41) is 24.9. The largest absolute Gasteiger partial charge is 0.488 e. The molecule has 20 nitrogen and oxygen atoms in total. The summed E-state index contributed by atoms with van der Waals surface area (Å²) in [6.45, 7) is 27.4. The standard InChI is InChI=1S/C63H98N8O12/c1-59(2,3)79-47-32-28-44(29-33-47)40-49(65-37-23-16-17-24-38-66-55(69-56(76)81-61(7,8)9)70-57(77)82-62(10,11)12)52(73)68-50(41-45-30-34-48(35-31-45)80-60(4,5)6)54(75)71(58(78)83-63(13,14)15)51(27-21-22-36-64)53(74)67-46(42-72)39-43-25-19-18-20-26-43/h18-20,25-26,28-35,46,49-51,65,72H,16-17,21-24,27,36-42,64H2,1-15H3,(H,67,74)(H,68,73)(H2,66,69,70,76,77)/t46-,49-,50-,51-/m0/s1. The van der Waals surface area contributed by atoms with Crippen LogP contribution in [0.5, 0.6) is 11.5 Å². The Hall–Kier alpha value is -6.77. The van der Waals surface area contributed by atoms with Crippen molar-refractivity contribution >= 4 is 42.0 Å². The third kappa shape index (κ3) is 29.9. The number of imide groups is 1. The first-order chi connectivity index (χ1) is 38.6. The number of amides is 6. The van der Waals surface area contributed by atoms with Gasteiger partial charge in [-0.3, -0.25) is 30.0 Å². The van der Waals surface area contributed by atoms with Crippen LogP contribution >= 0.6 is 0 Å². The van der Waals surface area contributed by atoms with Crippen LogP contribution in [-0.4, -0.2) is 130 Å². The van der Waals surface area contributed by atoms with Gasteiger partial charge in [-0.2, -0.15) is 0 Å². The molecule has 0 saturated heterocycles. The van der Waals surface area contributed by atoms with Crippen LogP contribution in [0.2, 0.25) is 0 Å². The van der Waals surface area contributed by atoms with Crippen molar-refractivity contribution < 1.29 is 57.6 Å². The van der Waals surface area contributed by atoms with E-state index in [-0.39, 0.29) is 44.7 Å². The normalized spacial score (nSPS) is 13.5. The van der Waals surface area contributed by atoms with Crippen LogP contribution in [-0.2, 0) is 47.9 Å². The fraction of sp³-hybridized carbons (Fsp3) is 0.603. The van der Waals surface area contributed by atoms with Crippen LogP contribution in [0.3, 0.4) is 0 Å². The summed E-state index contributed by atoms with van der Waals surface area (Å²) in [6.07, 6.45) is 1.16. The first-order valence-electron chi connectivity index (χ1n) is 29.0. The highest BCUT2D eigenvalue weighted by molar-refractivity contribution is 6.02. The zero-order valence-electron chi connectivity index (χ0n) is 52.1. The van der Waals surface area contributed by atoms with E-state index in [1.54, 1.807) is 86.6 Å². The Balaban J connectivity index is 2.04. The molecule has 4 atom stereocenters. The highest BCUT2D eigenvalue weighted by Crippen LogP contribution is 2.24. The number of ether oxygens (including phenoxy) is 5. The number of benzene rings is 3. The number of guanidine groups is 1. The van der Waals surface area contributed by atoms with E-state index in [0.717, 1.165) is 16.0 Å². The molecule has 0 heterocycles. The predicted molar refractivity (Wildman–Crippen MR) is 323 cm³/mol. The monoisotopic (exact) mass is 1160 g/mol. The zero-order chi connectivity index (χ0) is 62.2. The van der Waals surface area contributed by atoms with E-state index < -0.39 is 94.8 Å². The van der Waals surface area contributed by atoms with Gasteiger partial charge >= 0.3 is 18.3 Å². The molecule has 0 aromatic heterocycles. The Bertz CT molecular complexity index is 2490. The minimum Gasteiger partial charge on any atom is -0.488 e. The third-order valence-electron chi connectivity index (χ3n) is 11.8. The van der Waals surface area contributed by atoms with Crippen LogP contribution in [0, 0.1) is 0 Å². The molecule has 462 valence electrons. The minimum absolute atomic E-state index is 0.00949. The summed E-state index contributed by atoms with van der Waals surface area (Å²) in [4.78, 5) is 90.5. The van der Waals surface area contributed by atoms with Gasteiger partial charge in [0, 0.05) is 13.0 Å². The summed E-state index contributed by atoms with van der Waals surface area (Å²) < 4.78 is 28.8. The molecule has 20 heteroatoms. The fourth-order valence-electron chi connectivity index (χ4n) is 8.33. The van der Waals surface area contributed by atoms with Gasteiger partial charge in [0.05, 0.1) is 18.7 Å². The summed E-state index contributed by atoms with van der Waals surface area (Å²) in [6, 6.07) is 19.3. The molecule has 0 spiro atoms. The van der Waals surface area contributed by atoms with E-state index in [0.29, 0.717) is 62.1 Å². The maximum atomic E-state index is 15.6. The van der Waals surface area contributed by atoms with E-state index in [4.69, 9.17) is 29.4 Å². The summed E-state index contributed by atoms with van der Waals surface area (Å²) >= 11 is 0. The van der Waals surface area contributed by atoms with E-state index in [1.165, 1.54) is 0 Å². The second-order valence-electron chi connectivity index (χ2n) is 25.7. The molecule has 3 aromatic carbocycles. The lowest BCUT2D eigenvalue weighted by atomic mass is 9.99. The van der Waals surface area contributed by atoms with Gasteiger partial charge in [-0.15, -0.1) is 0 Å². The minimum atomic E-state index is -1.43. The summed E-state index contributed by atoms with van der Waals surface area (Å²) in [7, 11) is 0. The number of aliphatic imine (C=N–C) groups is 1. The van der Waals surface area contributed by atoms with Gasteiger partial charge in [0.15, 0.2) is 0 Å². The number of nitrogens with one attached hydrogen (secondary N) is 5. The number of hydrogen-bond acceptors (Lipinski definition) is 15. The molecule has 6 amide bonds. The molecular formula is C63H98N8O12. The second kappa shape index (κ2) is 32.9. The van der Waals surface area contributed by atoms with Crippen molar-refractivity contribution in [3.8, 4) is 11.5 Å². The van der Waals surface area contributed by atoms with Crippen molar-refractivity contribution in [1.82, 2.24) is 31.5 Å². The van der Waals surface area contributed by atoms with Gasteiger partial charge in [0.2, 0.25) is 17.8 Å². The van der Waals surface area contributed by atoms with E-state index in [9.17, 15) is 24.3 Å². The zero-order valence-corrected chi connectivity index (χ0v) is 52.1. The molecule has 0 saturated carbocycles. The number of nitrogens with two attached hydrogens (primary N) is 1. The molecule has 0 unspecified atom stereocenters. The Morgan fingerprint density at radius 2 is 1.02 bits per heavy atom. The van der Waals surface area contributed by atoms with Gasteiger partial charge in [0.25, 0.3) is 5.91 Å². The maximum absolute atomic E-state index is 15.6.